The molecule has 0 bridgehead atoms. The van der Waals surface area contributed by atoms with Gasteiger partial charge in [-0.3, -0.25) is 4.98 Å². The number of aromatic nitrogens is 4. The van der Waals surface area contributed by atoms with E-state index in [0.717, 1.165) is 37.5 Å². The van der Waals surface area contributed by atoms with Crippen LogP contribution in [0.25, 0.3) is 0 Å². The molecule has 3 heterocycles. The van der Waals surface area contributed by atoms with E-state index in [4.69, 9.17) is 0 Å². The van der Waals surface area contributed by atoms with Gasteiger partial charge in [0.15, 0.2) is 0 Å². The first kappa shape index (κ1) is 14.2. The standard InChI is InChI=1S/C13H17N5O2S/c1-10-15-16-13-5-4-11(6-8-18(10)13)17-21(19,20)12-3-2-7-14-9-12/h2-3,7,9,11,17H,4-6,8H2,1H3. The lowest BCUT2D eigenvalue weighted by molar-refractivity contribution is 0.494. The lowest BCUT2D eigenvalue weighted by Gasteiger charge is -2.16. The second kappa shape index (κ2) is 5.53. The van der Waals surface area contributed by atoms with Crippen molar-refractivity contribution in [1.82, 2.24) is 24.5 Å². The minimum absolute atomic E-state index is 0.101. The summed E-state index contributed by atoms with van der Waals surface area (Å²) >= 11 is 0. The number of sulfonamides is 1. The summed E-state index contributed by atoms with van der Waals surface area (Å²) in [5, 5.41) is 8.18. The summed E-state index contributed by atoms with van der Waals surface area (Å²) < 4.78 is 29.4. The van der Waals surface area contributed by atoms with Crippen molar-refractivity contribution in [2.24, 2.45) is 0 Å². The van der Waals surface area contributed by atoms with Crippen molar-refractivity contribution >= 4 is 10.0 Å². The molecule has 2 aromatic rings. The Morgan fingerprint density at radius 3 is 2.95 bits per heavy atom. The maximum atomic E-state index is 12.3. The number of aryl methyl sites for hydroxylation is 2. The second-order valence-corrected chi connectivity index (χ2v) is 6.86. The van der Waals surface area contributed by atoms with Gasteiger partial charge in [0, 0.05) is 31.4 Å². The van der Waals surface area contributed by atoms with E-state index in [0.29, 0.717) is 0 Å². The SMILES string of the molecule is Cc1nnc2n1CCC(NS(=O)(=O)c1cccnc1)CC2. The summed E-state index contributed by atoms with van der Waals surface area (Å²) in [6, 6.07) is 3.06. The molecule has 0 spiro atoms. The highest BCUT2D eigenvalue weighted by atomic mass is 32.2. The van der Waals surface area contributed by atoms with E-state index in [1.54, 1.807) is 18.3 Å². The average Bonchev–Trinajstić information content (AvgIpc) is 2.71. The van der Waals surface area contributed by atoms with Crippen LogP contribution in [0.15, 0.2) is 29.4 Å². The van der Waals surface area contributed by atoms with Crippen LogP contribution in [0.4, 0.5) is 0 Å². The van der Waals surface area contributed by atoms with Gasteiger partial charge >= 0.3 is 0 Å². The zero-order valence-corrected chi connectivity index (χ0v) is 12.5. The first-order chi connectivity index (χ1) is 10.1. The molecule has 1 aliphatic rings. The summed E-state index contributed by atoms with van der Waals surface area (Å²) in [5.41, 5.74) is 0. The monoisotopic (exact) mass is 307 g/mol. The Bertz CT molecular complexity index is 726. The first-order valence-corrected chi connectivity index (χ1v) is 8.35. The number of hydrogen-bond acceptors (Lipinski definition) is 5. The van der Waals surface area contributed by atoms with E-state index in [1.807, 2.05) is 6.92 Å². The lowest BCUT2D eigenvalue weighted by Crippen LogP contribution is -2.35. The molecule has 0 radical (unpaired) electrons. The predicted molar refractivity (Wildman–Crippen MR) is 76.0 cm³/mol. The van der Waals surface area contributed by atoms with Gasteiger partial charge in [-0.15, -0.1) is 10.2 Å². The molecule has 2 aromatic heterocycles. The summed E-state index contributed by atoms with van der Waals surface area (Å²) in [5.74, 6) is 1.80. The highest BCUT2D eigenvalue weighted by molar-refractivity contribution is 7.89. The maximum Gasteiger partial charge on any atom is 0.242 e. The zero-order valence-electron chi connectivity index (χ0n) is 11.7. The highest BCUT2D eigenvalue weighted by Gasteiger charge is 2.24. The third-order valence-electron chi connectivity index (χ3n) is 3.70. The van der Waals surface area contributed by atoms with E-state index >= 15 is 0 Å². The number of nitrogens with zero attached hydrogens (tertiary/aromatic N) is 4. The number of fused-ring (bicyclic) bond motifs is 1. The maximum absolute atomic E-state index is 12.3. The predicted octanol–water partition coefficient (Wildman–Crippen LogP) is 0.665. The van der Waals surface area contributed by atoms with E-state index in [-0.39, 0.29) is 10.9 Å². The molecule has 0 aromatic carbocycles. The molecule has 0 amide bonds. The third-order valence-corrected chi connectivity index (χ3v) is 5.20. The quantitative estimate of drug-likeness (QED) is 0.900. The Hall–Kier alpha value is -1.80. The Kier molecular flexibility index (Phi) is 3.73. The zero-order chi connectivity index (χ0) is 14.9. The smallest absolute Gasteiger partial charge is 0.242 e. The molecule has 112 valence electrons. The fraction of sp³-hybridized carbons (Fsp3) is 0.462. The van der Waals surface area contributed by atoms with Crippen LogP contribution < -0.4 is 4.72 Å². The van der Waals surface area contributed by atoms with Crippen molar-refractivity contribution in [2.45, 2.75) is 43.7 Å². The van der Waals surface area contributed by atoms with E-state index in [1.165, 1.54) is 6.20 Å². The van der Waals surface area contributed by atoms with Gasteiger partial charge < -0.3 is 4.57 Å². The minimum atomic E-state index is -3.51. The number of nitrogens with one attached hydrogen (secondary N) is 1. The molecule has 0 saturated carbocycles. The number of rotatable bonds is 3. The van der Waals surface area contributed by atoms with Gasteiger partial charge in [0.2, 0.25) is 10.0 Å². The molecular weight excluding hydrogens is 290 g/mol. The van der Waals surface area contributed by atoms with Crippen molar-refractivity contribution in [2.75, 3.05) is 0 Å². The van der Waals surface area contributed by atoms with E-state index < -0.39 is 10.0 Å². The van der Waals surface area contributed by atoms with Crippen molar-refractivity contribution in [1.29, 1.82) is 0 Å². The lowest BCUT2D eigenvalue weighted by atomic mass is 10.1. The van der Waals surface area contributed by atoms with Crippen molar-refractivity contribution in [3.8, 4) is 0 Å². The molecule has 8 heteroatoms. The van der Waals surface area contributed by atoms with Crippen molar-refractivity contribution in [3.63, 3.8) is 0 Å². The Labute approximate surface area is 123 Å². The molecule has 0 fully saturated rings. The van der Waals surface area contributed by atoms with Gasteiger partial charge in [-0.05, 0) is 31.9 Å². The van der Waals surface area contributed by atoms with Crippen LogP contribution in [-0.4, -0.2) is 34.2 Å². The fourth-order valence-corrected chi connectivity index (χ4v) is 3.81. The van der Waals surface area contributed by atoms with E-state index in [9.17, 15) is 8.42 Å². The molecule has 7 nitrogen and oxygen atoms in total. The molecule has 1 atom stereocenters. The second-order valence-electron chi connectivity index (χ2n) is 5.15. The summed E-state index contributed by atoms with van der Waals surface area (Å²) in [4.78, 5) is 4.06. The number of pyridine rings is 1. The van der Waals surface area contributed by atoms with Crippen LogP contribution in [0.3, 0.4) is 0 Å². The van der Waals surface area contributed by atoms with Crippen LogP contribution in [0.1, 0.15) is 24.5 Å². The molecule has 1 N–H and O–H groups in total. The summed E-state index contributed by atoms with van der Waals surface area (Å²) in [6.07, 6.45) is 5.08. The summed E-state index contributed by atoms with van der Waals surface area (Å²) in [6.45, 7) is 2.64. The Balaban J connectivity index is 1.73. The third kappa shape index (κ3) is 2.96. The molecule has 1 unspecified atom stereocenters. The van der Waals surface area contributed by atoms with Gasteiger partial charge in [-0.25, -0.2) is 13.1 Å². The molecule has 1 aliphatic heterocycles. The topological polar surface area (TPSA) is 89.8 Å². The first-order valence-electron chi connectivity index (χ1n) is 6.87. The normalized spacial score (nSPS) is 19.0. The van der Waals surface area contributed by atoms with Crippen LogP contribution >= 0.6 is 0 Å². The van der Waals surface area contributed by atoms with Gasteiger partial charge in [0.1, 0.15) is 16.5 Å². The van der Waals surface area contributed by atoms with Crippen LogP contribution in [-0.2, 0) is 23.0 Å². The van der Waals surface area contributed by atoms with Crippen molar-refractivity contribution in [3.05, 3.63) is 36.2 Å². The molecule has 21 heavy (non-hydrogen) atoms. The average molecular weight is 307 g/mol. The highest BCUT2D eigenvalue weighted by Crippen LogP contribution is 2.17. The molecule has 3 rings (SSSR count). The van der Waals surface area contributed by atoms with Crippen LogP contribution in [0.5, 0.6) is 0 Å². The summed E-state index contributed by atoms with van der Waals surface area (Å²) in [7, 11) is -3.51. The van der Waals surface area contributed by atoms with Crippen LogP contribution in [0.2, 0.25) is 0 Å². The molecular formula is C13H17N5O2S. The van der Waals surface area contributed by atoms with Gasteiger partial charge in [-0.2, -0.15) is 0 Å². The van der Waals surface area contributed by atoms with Gasteiger partial charge in [-0.1, -0.05) is 0 Å². The Morgan fingerprint density at radius 1 is 1.33 bits per heavy atom. The van der Waals surface area contributed by atoms with Crippen molar-refractivity contribution < 1.29 is 8.42 Å². The molecule has 0 saturated heterocycles. The van der Waals surface area contributed by atoms with Crippen LogP contribution in [0, 0.1) is 6.92 Å². The van der Waals surface area contributed by atoms with Gasteiger partial charge in [0.25, 0.3) is 0 Å². The minimum Gasteiger partial charge on any atom is -0.315 e. The molecule has 0 aliphatic carbocycles. The largest absolute Gasteiger partial charge is 0.315 e. The fourth-order valence-electron chi connectivity index (χ4n) is 2.54. The number of hydrogen-bond donors (Lipinski definition) is 1. The Morgan fingerprint density at radius 2 is 2.19 bits per heavy atom. The van der Waals surface area contributed by atoms with Gasteiger partial charge in [0.05, 0.1) is 0 Å². The van der Waals surface area contributed by atoms with E-state index in [2.05, 4.69) is 24.5 Å².